The molecular formula is C15H15F3O3. The summed E-state index contributed by atoms with van der Waals surface area (Å²) in [7, 11) is 0. The van der Waals surface area contributed by atoms with Crippen molar-refractivity contribution in [3.05, 3.63) is 41.5 Å². The van der Waals surface area contributed by atoms with Crippen molar-refractivity contribution in [3.63, 3.8) is 0 Å². The van der Waals surface area contributed by atoms with Crippen LogP contribution in [0.25, 0.3) is 6.08 Å². The molecule has 0 fully saturated rings. The topological polar surface area (TPSA) is 43.4 Å². The van der Waals surface area contributed by atoms with E-state index in [1.54, 1.807) is 20.8 Å². The van der Waals surface area contributed by atoms with Gasteiger partial charge in [-0.15, -0.1) is 0 Å². The Morgan fingerprint density at radius 3 is 2.00 bits per heavy atom. The van der Waals surface area contributed by atoms with Crippen LogP contribution in [0.2, 0.25) is 0 Å². The molecule has 21 heavy (non-hydrogen) atoms. The third-order valence-corrected chi connectivity index (χ3v) is 2.46. The van der Waals surface area contributed by atoms with Gasteiger partial charge in [0.2, 0.25) is 0 Å². The zero-order valence-electron chi connectivity index (χ0n) is 11.8. The van der Waals surface area contributed by atoms with Gasteiger partial charge in [0.1, 0.15) is 0 Å². The maximum absolute atomic E-state index is 12.4. The van der Waals surface area contributed by atoms with Crippen LogP contribution in [-0.2, 0) is 20.5 Å². The van der Waals surface area contributed by atoms with Crippen LogP contribution < -0.4 is 0 Å². The lowest BCUT2D eigenvalue weighted by Crippen LogP contribution is -2.25. The Labute approximate surface area is 120 Å². The Morgan fingerprint density at radius 1 is 1.05 bits per heavy atom. The highest BCUT2D eigenvalue weighted by molar-refractivity contribution is 5.96. The van der Waals surface area contributed by atoms with E-state index in [1.165, 1.54) is 18.2 Å². The van der Waals surface area contributed by atoms with E-state index in [4.69, 9.17) is 0 Å². The molecule has 0 aliphatic carbocycles. The summed E-state index contributed by atoms with van der Waals surface area (Å²) >= 11 is 0. The monoisotopic (exact) mass is 300 g/mol. The molecule has 0 bridgehead atoms. The minimum Gasteiger partial charge on any atom is -0.389 e. The number of benzene rings is 1. The van der Waals surface area contributed by atoms with Gasteiger partial charge in [0.25, 0.3) is 0 Å². The molecule has 1 aromatic carbocycles. The second kappa shape index (κ2) is 6.11. The van der Waals surface area contributed by atoms with Gasteiger partial charge in [-0.2, -0.15) is 13.2 Å². The molecule has 0 radical (unpaired) electrons. The highest BCUT2D eigenvalue weighted by Crippen LogP contribution is 2.29. The van der Waals surface area contributed by atoms with Crippen LogP contribution in [0.4, 0.5) is 13.2 Å². The molecule has 0 amide bonds. The van der Waals surface area contributed by atoms with Crippen molar-refractivity contribution in [2.75, 3.05) is 0 Å². The minimum absolute atomic E-state index is 0.392. The quantitative estimate of drug-likeness (QED) is 0.473. The van der Waals surface area contributed by atoms with Gasteiger partial charge < -0.3 is 4.74 Å². The van der Waals surface area contributed by atoms with Crippen molar-refractivity contribution in [1.82, 2.24) is 0 Å². The predicted molar refractivity (Wildman–Crippen MR) is 71.0 cm³/mol. The van der Waals surface area contributed by atoms with Crippen molar-refractivity contribution in [2.45, 2.75) is 26.9 Å². The molecule has 1 rings (SSSR count). The highest BCUT2D eigenvalue weighted by atomic mass is 19.4. The maximum atomic E-state index is 12.4. The van der Waals surface area contributed by atoms with Crippen LogP contribution in [0.15, 0.2) is 30.3 Å². The van der Waals surface area contributed by atoms with Crippen molar-refractivity contribution in [3.8, 4) is 0 Å². The Hall–Kier alpha value is -2.11. The van der Waals surface area contributed by atoms with E-state index in [1.807, 2.05) is 0 Å². The Kier molecular flexibility index (Phi) is 4.93. The van der Waals surface area contributed by atoms with Gasteiger partial charge in [0.05, 0.1) is 11.0 Å². The summed E-state index contributed by atoms with van der Waals surface area (Å²) in [6.45, 7) is 4.80. The number of ether oxygens (including phenoxy) is 1. The largest absolute Gasteiger partial charge is 0.416 e. The zero-order chi connectivity index (χ0) is 16.3. The standard InChI is InChI=1S/C15H15F3O3/c1-14(2,3)13(20)21-12(19)9-6-10-4-7-11(8-5-10)15(16,17)18/h4-9H,1-3H3/b9-6+. The first-order chi connectivity index (χ1) is 9.50. The molecule has 0 saturated heterocycles. The highest BCUT2D eigenvalue weighted by Gasteiger charge is 2.29. The molecule has 6 heteroatoms. The number of esters is 2. The molecule has 0 aliphatic rings. The van der Waals surface area contributed by atoms with Gasteiger partial charge in [0, 0.05) is 6.08 Å². The summed E-state index contributed by atoms with van der Waals surface area (Å²) in [4.78, 5) is 22.8. The van der Waals surface area contributed by atoms with E-state index in [2.05, 4.69) is 4.74 Å². The first kappa shape index (κ1) is 16.9. The second-order valence-corrected chi connectivity index (χ2v) is 5.41. The number of alkyl halides is 3. The zero-order valence-corrected chi connectivity index (χ0v) is 11.8. The van der Waals surface area contributed by atoms with Gasteiger partial charge in [0.15, 0.2) is 0 Å². The van der Waals surface area contributed by atoms with Gasteiger partial charge >= 0.3 is 18.1 Å². The van der Waals surface area contributed by atoms with Gasteiger partial charge in [-0.25, -0.2) is 4.79 Å². The normalized spacial score (nSPS) is 12.5. The molecule has 0 atom stereocenters. The van der Waals surface area contributed by atoms with Crippen LogP contribution in [0.3, 0.4) is 0 Å². The second-order valence-electron chi connectivity index (χ2n) is 5.41. The Balaban J connectivity index is 2.69. The summed E-state index contributed by atoms with van der Waals surface area (Å²) in [6, 6.07) is 4.26. The molecular weight excluding hydrogens is 285 g/mol. The van der Waals surface area contributed by atoms with Crippen LogP contribution in [0.5, 0.6) is 0 Å². The fraction of sp³-hybridized carbons (Fsp3) is 0.333. The third-order valence-electron chi connectivity index (χ3n) is 2.46. The summed E-state index contributed by atoms with van der Waals surface area (Å²) in [6.07, 6.45) is -2.13. The average molecular weight is 300 g/mol. The molecule has 3 nitrogen and oxygen atoms in total. The number of carbonyl (C=O) groups is 2. The predicted octanol–water partition coefficient (Wildman–Crippen LogP) is 3.83. The average Bonchev–Trinajstić information content (AvgIpc) is 2.34. The molecule has 0 unspecified atom stereocenters. The summed E-state index contributed by atoms with van der Waals surface area (Å²) in [5, 5.41) is 0. The minimum atomic E-state index is -4.40. The van der Waals surface area contributed by atoms with E-state index in [9.17, 15) is 22.8 Å². The first-order valence-electron chi connectivity index (χ1n) is 6.12. The molecule has 0 aromatic heterocycles. The summed E-state index contributed by atoms with van der Waals surface area (Å²) in [5.41, 5.74) is -1.19. The molecule has 0 N–H and O–H groups in total. The van der Waals surface area contributed by atoms with Gasteiger partial charge in [-0.05, 0) is 44.5 Å². The summed E-state index contributed by atoms with van der Waals surface area (Å²) < 4.78 is 41.6. The molecule has 0 spiro atoms. The Bertz CT molecular complexity index is 549. The number of halogens is 3. The van der Waals surface area contributed by atoms with E-state index in [-0.39, 0.29) is 0 Å². The summed E-state index contributed by atoms with van der Waals surface area (Å²) in [5.74, 6) is -1.54. The van der Waals surface area contributed by atoms with Crippen molar-refractivity contribution < 1.29 is 27.5 Å². The first-order valence-corrected chi connectivity index (χ1v) is 6.12. The molecule has 0 saturated carbocycles. The van der Waals surface area contributed by atoms with Crippen LogP contribution in [0, 0.1) is 5.41 Å². The third kappa shape index (κ3) is 5.41. The van der Waals surface area contributed by atoms with Crippen LogP contribution in [0.1, 0.15) is 31.9 Å². The Morgan fingerprint density at radius 2 is 1.57 bits per heavy atom. The van der Waals surface area contributed by atoms with E-state index in [0.717, 1.165) is 18.2 Å². The smallest absolute Gasteiger partial charge is 0.389 e. The van der Waals surface area contributed by atoms with Crippen LogP contribution >= 0.6 is 0 Å². The fourth-order valence-electron chi connectivity index (χ4n) is 1.23. The van der Waals surface area contributed by atoms with E-state index < -0.39 is 29.1 Å². The number of rotatable bonds is 2. The lowest BCUT2D eigenvalue weighted by Gasteiger charge is -2.14. The molecule has 114 valence electrons. The lowest BCUT2D eigenvalue weighted by atomic mass is 9.97. The van der Waals surface area contributed by atoms with Crippen molar-refractivity contribution in [1.29, 1.82) is 0 Å². The van der Waals surface area contributed by atoms with E-state index >= 15 is 0 Å². The number of hydrogen-bond acceptors (Lipinski definition) is 3. The molecule has 0 aliphatic heterocycles. The molecule has 1 aromatic rings. The fourth-order valence-corrected chi connectivity index (χ4v) is 1.23. The lowest BCUT2D eigenvalue weighted by molar-refractivity contribution is -0.162. The van der Waals surface area contributed by atoms with Gasteiger partial charge in [-0.1, -0.05) is 12.1 Å². The van der Waals surface area contributed by atoms with Crippen LogP contribution in [-0.4, -0.2) is 11.9 Å². The number of hydrogen-bond donors (Lipinski definition) is 0. The van der Waals surface area contributed by atoms with E-state index in [0.29, 0.717) is 5.56 Å². The molecule has 0 heterocycles. The van der Waals surface area contributed by atoms with Crippen molar-refractivity contribution >= 4 is 18.0 Å². The maximum Gasteiger partial charge on any atom is 0.416 e. The van der Waals surface area contributed by atoms with Gasteiger partial charge in [-0.3, -0.25) is 4.79 Å². The number of carbonyl (C=O) groups excluding carboxylic acids is 2. The SMILES string of the molecule is CC(C)(C)C(=O)OC(=O)/C=C/c1ccc(C(F)(F)F)cc1. The van der Waals surface area contributed by atoms with Crippen molar-refractivity contribution in [2.24, 2.45) is 5.41 Å².